The lowest BCUT2D eigenvalue weighted by molar-refractivity contribution is 0.577. The van der Waals surface area contributed by atoms with Gasteiger partial charge < -0.3 is 10.2 Å². The number of benzene rings is 1. The molecule has 0 spiro atoms. The van der Waals surface area contributed by atoms with Gasteiger partial charge in [0.15, 0.2) is 0 Å². The predicted molar refractivity (Wildman–Crippen MR) is 77.5 cm³/mol. The predicted octanol–water partition coefficient (Wildman–Crippen LogP) is 3.01. The highest BCUT2D eigenvalue weighted by Crippen LogP contribution is 2.12. The van der Waals surface area contributed by atoms with Crippen molar-refractivity contribution in [1.29, 1.82) is 0 Å². The smallest absolute Gasteiger partial charge is 0.0361 e. The first-order valence-corrected chi connectivity index (χ1v) is 6.24. The Labute approximate surface area is 105 Å². The molecule has 0 saturated carbocycles. The van der Waals surface area contributed by atoms with Gasteiger partial charge in [0.25, 0.3) is 0 Å². The maximum Gasteiger partial charge on any atom is 0.0361 e. The second kappa shape index (κ2) is 7.13. The van der Waals surface area contributed by atoms with E-state index >= 15 is 0 Å². The first-order valence-electron chi connectivity index (χ1n) is 6.24. The van der Waals surface area contributed by atoms with Crippen LogP contribution in [0.15, 0.2) is 30.3 Å². The van der Waals surface area contributed by atoms with Gasteiger partial charge in [-0.2, -0.15) is 0 Å². The Balaban J connectivity index is 2.38. The molecule has 0 fully saturated rings. The van der Waals surface area contributed by atoms with Crippen molar-refractivity contribution in [2.45, 2.75) is 13.8 Å². The van der Waals surface area contributed by atoms with E-state index in [1.807, 2.05) is 0 Å². The molecule has 0 aliphatic carbocycles. The van der Waals surface area contributed by atoms with E-state index in [1.165, 1.54) is 11.3 Å². The Morgan fingerprint density at radius 1 is 1.18 bits per heavy atom. The summed E-state index contributed by atoms with van der Waals surface area (Å²) >= 11 is 0. The van der Waals surface area contributed by atoms with Crippen LogP contribution in [-0.4, -0.2) is 27.2 Å². The van der Waals surface area contributed by atoms with E-state index in [0.717, 1.165) is 13.1 Å². The van der Waals surface area contributed by atoms with Crippen LogP contribution in [0.4, 0.5) is 5.69 Å². The Hall–Kier alpha value is -1.28. The number of nitrogens with one attached hydrogen (secondary N) is 1. The summed E-state index contributed by atoms with van der Waals surface area (Å²) < 4.78 is 0. The lowest BCUT2D eigenvalue weighted by Gasteiger charge is -2.11. The van der Waals surface area contributed by atoms with Crippen molar-refractivity contribution in [3.05, 3.63) is 35.9 Å². The standard InChI is InChI=1S/C15H24N2/c1-13(2)12-16-11-5-6-14-7-9-15(10-8-14)17(3)4/h5-10,13,16H,11-12H2,1-4H3. The number of nitrogens with zero attached hydrogens (tertiary/aromatic N) is 1. The van der Waals surface area contributed by atoms with E-state index in [9.17, 15) is 0 Å². The summed E-state index contributed by atoms with van der Waals surface area (Å²) in [6, 6.07) is 8.57. The monoisotopic (exact) mass is 232 g/mol. The molecular weight excluding hydrogens is 208 g/mol. The molecule has 0 aliphatic heterocycles. The summed E-state index contributed by atoms with van der Waals surface area (Å²) in [5.41, 5.74) is 2.49. The van der Waals surface area contributed by atoms with Gasteiger partial charge in [-0.05, 0) is 30.2 Å². The lowest BCUT2D eigenvalue weighted by atomic mass is 10.2. The van der Waals surface area contributed by atoms with E-state index in [1.54, 1.807) is 0 Å². The SMILES string of the molecule is CC(C)CNCC=Cc1ccc(N(C)C)cc1. The Bertz CT molecular complexity index is 336. The first kappa shape index (κ1) is 13.8. The van der Waals surface area contributed by atoms with E-state index < -0.39 is 0 Å². The highest BCUT2D eigenvalue weighted by molar-refractivity contribution is 5.55. The number of hydrogen-bond acceptors (Lipinski definition) is 2. The molecule has 17 heavy (non-hydrogen) atoms. The minimum atomic E-state index is 0.711. The van der Waals surface area contributed by atoms with Gasteiger partial charge in [-0.3, -0.25) is 0 Å². The van der Waals surface area contributed by atoms with Gasteiger partial charge in [0.1, 0.15) is 0 Å². The third-order valence-corrected chi connectivity index (χ3v) is 2.53. The second-order valence-corrected chi connectivity index (χ2v) is 4.94. The molecule has 2 nitrogen and oxygen atoms in total. The molecule has 0 atom stereocenters. The molecule has 0 amide bonds. The normalized spacial score (nSPS) is 11.4. The summed E-state index contributed by atoms with van der Waals surface area (Å²) in [5, 5.41) is 3.39. The van der Waals surface area contributed by atoms with Gasteiger partial charge >= 0.3 is 0 Å². The molecule has 0 bridgehead atoms. The third-order valence-electron chi connectivity index (χ3n) is 2.53. The third kappa shape index (κ3) is 5.55. The molecule has 0 heterocycles. The average Bonchev–Trinajstić information content (AvgIpc) is 2.29. The molecule has 0 radical (unpaired) electrons. The Morgan fingerprint density at radius 2 is 1.82 bits per heavy atom. The summed E-state index contributed by atoms with van der Waals surface area (Å²) in [6.07, 6.45) is 4.33. The molecule has 1 aromatic carbocycles. The first-order chi connectivity index (χ1) is 8.09. The quantitative estimate of drug-likeness (QED) is 0.758. The van der Waals surface area contributed by atoms with Crippen LogP contribution >= 0.6 is 0 Å². The van der Waals surface area contributed by atoms with Crippen molar-refractivity contribution in [1.82, 2.24) is 5.32 Å². The summed E-state index contributed by atoms with van der Waals surface area (Å²) in [7, 11) is 4.11. The summed E-state index contributed by atoms with van der Waals surface area (Å²) in [5.74, 6) is 0.711. The molecule has 0 aliphatic rings. The minimum Gasteiger partial charge on any atom is -0.378 e. The Morgan fingerprint density at radius 3 is 2.35 bits per heavy atom. The molecule has 1 N–H and O–H groups in total. The van der Waals surface area contributed by atoms with Crippen LogP contribution in [0.3, 0.4) is 0 Å². The fourth-order valence-corrected chi connectivity index (χ4v) is 1.53. The van der Waals surface area contributed by atoms with Crippen LogP contribution in [0, 0.1) is 5.92 Å². The molecule has 1 rings (SSSR count). The van der Waals surface area contributed by atoms with Crippen molar-refractivity contribution in [2.75, 3.05) is 32.1 Å². The highest BCUT2D eigenvalue weighted by Gasteiger charge is 1.93. The summed E-state index contributed by atoms with van der Waals surface area (Å²) in [6.45, 7) is 6.45. The minimum absolute atomic E-state index is 0.711. The molecule has 0 aromatic heterocycles. The zero-order valence-electron chi connectivity index (χ0n) is 11.4. The zero-order chi connectivity index (χ0) is 12.7. The van der Waals surface area contributed by atoms with E-state index in [0.29, 0.717) is 5.92 Å². The van der Waals surface area contributed by atoms with Crippen LogP contribution in [0.1, 0.15) is 19.4 Å². The second-order valence-electron chi connectivity index (χ2n) is 4.94. The van der Waals surface area contributed by atoms with Gasteiger partial charge in [0.2, 0.25) is 0 Å². The van der Waals surface area contributed by atoms with E-state index in [-0.39, 0.29) is 0 Å². The molecule has 2 heteroatoms. The van der Waals surface area contributed by atoms with E-state index in [4.69, 9.17) is 0 Å². The number of hydrogen-bond donors (Lipinski definition) is 1. The van der Waals surface area contributed by atoms with Crippen molar-refractivity contribution in [2.24, 2.45) is 5.92 Å². The van der Waals surface area contributed by atoms with Gasteiger partial charge in [-0.25, -0.2) is 0 Å². The van der Waals surface area contributed by atoms with Crippen LogP contribution in [0.5, 0.6) is 0 Å². The van der Waals surface area contributed by atoms with Gasteiger partial charge in [0, 0.05) is 26.3 Å². The fourth-order valence-electron chi connectivity index (χ4n) is 1.53. The Kier molecular flexibility index (Phi) is 5.78. The zero-order valence-corrected chi connectivity index (χ0v) is 11.4. The van der Waals surface area contributed by atoms with Gasteiger partial charge in [-0.15, -0.1) is 0 Å². The molecular formula is C15H24N2. The van der Waals surface area contributed by atoms with Crippen molar-refractivity contribution in [3.63, 3.8) is 0 Å². The van der Waals surface area contributed by atoms with Crippen LogP contribution < -0.4 is 10.2 Å². The van der Waals surface area contributed by atoms with Crippen LogP contribution in [0.25, 0.3) is 6.08 Å². The topological polar surface area (TPSA) is 15.3 Å². The van der Waals surface area contributed by atoms with Gasteiger partial charge in [0.05, 0.1) is 0 Å². The summed E-state index contributed by atoms with van der Waals surface area (Å²) in [4.78, 5) is 2.11. The molecule has 1 aromatic rings. The van der Waals surface area contributed by atoms with Crippen LogP contribution in [0.2, 0.25) is 0 Å². The number of anilines is 1. The molecule has 94 valence electrons. The largest absolute Gasteiger partial charge is 0.378 e. The van der Waals surface area contributed by atoms with Crippen molar-refractivity contribution >= 4 is 11.8 Å². The van der Waals surface area contributed by atoms with Gasteiger partial charge in [-0.1, -0.05) is 38.1 Å². The fraction of sp³-hybridized carbons (Fsp3) is 0.467. The van der Waals surface area contributed by atoms with E-state index in [2.05, 4.69) is 74.6 Å². The maximum absolute atomic E-state index is 3.39. The lowest BCUT2D eigenvalue weighted by Crippen LogP contribution is -2.19. The molecule has 0 saturated heterocycles. The maximum atomic E-state index is 3.39. The van der Waals surface area contributed by atoms with Crippen molar-refractivity contribution < 1.29 is 0 Å². The number of rotatable bonds is 6. The average molecular weight is 232 g/mol. The van der Waals surface area contributed by atoms with Crippen molar-refractivity contribution in [3.8, 4) is 0 Å². The van der Waals surface area contributed by atoms with Crippen LogP contribution in [-0.2, 0) is 0 Å². The highest BCUT2D eigenvalue weighted by atomic mass is 15.1. The molecule has 0 unspecified atom stereocenters.